The van der Waals surface area contributed by atoms with Crippen molar-refractivity contribution in [3.8, 4) is 5.75 Å². The van der Waals surface area contributed by atoms with Crippen molar-refractivity contribution in [1.29, 1.82) is 0 Å². The molecular weight excluding hydrogens is 300 g/mol. The van der Waals surface area contributed by atoms with Crippen LogP contribution < -0.4 is 14.8 Å². The lowest BCUT2D eigenvalue weighted by molar-refractivity contribution is 0.402. The number of hydrogen-bond donors (Lipinski definition) is 2. The summed E-state index contributed by atoms with van der Waals surface area (Å²) in [5.74, 6) is 0.367. The van der Waals surface area contributed by atoms with E-state index in [-0.39, 0.29) is 4.90 Å². The molecule has 1 fully saturated rings. The van der Waals surface area contributed by atoms with Crippen LogP contribution in [0.1, 0.15) is 38.5 Å². The van der Waals surface area contributed by atoms with Crippen LogP contribution in [0.25, 0.3) is 0 Å². The summed E-state index contributed by atoms with van der Waals surface area (Å²) in [5.41, 5.74) is 0. The lowest BCUT2D eigenvalue weighted by atomic mass is 10.1. The summed E-state index contributed by atoms with van der Waals surface area (Å²) in [6.45, 7) is 1.04. The Morgan fingerprint density at radius 3 is 2.45 bits per heavy atom. The highest BCUT2D eigenvalue weighted by Gasteiger charge is 2.18. The van der Waals surface area contributed by atoms with E-state index in [0.29, 0.717) is 24.9 Å². The van der Waals surface area contributed by atoms with Crippen molar-refractivity contribution < 1.29 is 13.2 Å². The Kier molecular flexibility index (Phi) is 6.67. The van der Waals surface area contributed by atoms with Crippen molar-refractivity contribution >= 4 is 10.0 Å². The Hall–Kier alpha value is -1.11. The Balaban J connectivity index is 1.82. The molecule has 0 atom stereocenters. The van der Waals surface area contributed by atoms with Gasteiger partial charge < -0.3 is 10.1 Å². The minimum absolute atomic E-state index is 0.187. The standard InChI is InChI=1S/C16H26N2O3S/c1-21-15-10-6-7-11-16(15)22(19,20)18-13-12-17-14-8-4-2-3-5-9-14/h6-7,10-11,14,17-18H,2-5,8-9,12-13H2,1H3. The number of sulfonamides is 1. The van der Waals surface area contributed by atoms with Crippen LogP contribution in [0, 0.1) is 0 Å². The first kappa shape index (κ1) is 17.2. The third kappa shape index (κ3) is 4.97. The van der Waals surface area contributed by atoms with Gasteiger partial charge in [0.2, 0.25) is 10.0 Å². The molecule has 0 saturated heterocycles. The number of para-hydroxylation sites is 1. The van der Waals surface area contributed by atoms with Gasteiger partial charge >= 0.3 is 0 Å². The summed E-state index contributed by atoms with van der Waals surface area (Å²) in [7, 11) is -2.05. The maximum Gasteiger partial charge on any atom is 0.244 e. The highest BCUT2D eigenvalue weighted by atomic mass is 32.2. The van der Waals surface area contributed by atoms with Gasteiger partial charge in [0.25, 0.3) is 0 Å². The van der Waals surface area contributed by atoms with Crippen molar-refractivity contribution in [2.75, 3.05) is 20.2 Å². The lowest BCUT2D eigenvalue weighted by Gasteiger charge is -2.16. The summed E-state index contributed by atoms with van der Waals surface area (Å²) in [5, 5.41) is 3.46. The van der Waals surface area contributed by atoms with E-state index in [4.69, 9.17) is 4.74 Å². The van der Waals surface area contributed by atoms with E-state index in [0.717, 1.165) is 0 Å². The first-order valence-corrected chi connectivity index (χ1v) is 9.48. The third-order valence-electron chi connectivity index (χ3n) is 4.06. The van der Waals surface area contributed by atoms with E-state index in [1.165, 1.54) is 45.6 Å². The molecule has 22 heavy (non-hydrogen) atoms. The minimum atomic E-state index is -3.53. The second kappa shape index (κ2) is 8.50. The molecule has 6 heteroatoms. The number of hydrogen-bond acceptors (Lipinski definition) is 4. The second-order valence-corrected chi connectivity index (χ2v) is 7.43. The van der Waals surface area contributed by atoms with Gasteiger partial charge in [-0.25, -0.2) is 13.1 Å². The van der Waals surface area contributed by atoms with E-state index in [1.807, 2.05) is 0 Å². The van der Waals surface area contributed by atoms with Gasteiger partial charge in [0.15, 0.2) is 0 Å². The first-order valence-electron chi connectivity index (χ1n) is 7.99. The molecule has 1 aliphatic rings. The average molecular weight is 326 g/mol. The van der Waals surface area contributed by atoms with Gasteiger partial charge in [0.05, 0.1) is 7.11 Å². The summed E-state index contributed by atoms with van der Waals surface area (Å²) in [6, 6.07) is 7.18. The minimum Gasteiger partial charge on any atom is -0.495 e. The van der Waals surface area contributed by atoms with Crippen LogP contribution in [-0.4, -0.2) is 34.7 Å². The first-order chi connectivity index (χ1) is 10.6. The average Bonchev–Trinajstić information content (AvgIpc) is 2.80. The Bertz CT molecular complexity index is 552. The van der Waals surface area contributed by atoms with Gasteiger partial charge in [-0.1, -0.05) is 37.8 Å². The number of methoxy groups -OCH3 is 1. The van der Waals surface area contributed by atoms with Crippen molar-refractivity contribution in [2.24, 2.45) is 0 Å². The molecule has 0 aromatic heterocycles. The molecule has 1 aromatic carbocycles. The molecule has 2 N–H and O–H groups in total. The molecule has 0 spiro atoms. The second-order valence-electron chi connectivity index (χ2n) is 5.69. The molecule has 1 aromatic rings. The zero-order chi connectivity index (χ0) is 15.8. The SMILES string of the molecule is COc1ccccc1S(=O)(=O)NCCNC1CCCCCC1. The van der Waals surface area contributed by atoms with E-state index in [2.05, 4.69) is 10.0 Å². The zero-order valence-corrected chi connectivity index (χ0v) is 14.0. The monoisotopic (exact) mass is 326 g/mol. The predicted octanol–water partition coefficient (Wildman–Crippen LogP) is 2.29. The Morgan fingerprint density at radius 1 is 1.09 bits per heavy atom. The molecule has 0 bridgehead atoms. The highest BCUT2D eigenvalue weighted by molar-refractivity contribution is 7.89. The van der Waals surface area contributed by atoms with E-state index in [9.17, 15) is 8.42 Å². The molecule has 0 heterocycles. The van der Waals surface area contributed by atoms with E-state index >= 15 is 0 Å². The van der Waals surface area contributed by atoms with Crippen molar-refractivity contribution in [3.05, 3.63) is 24.3 Å². The Morgan fingerprint density at radius 2 is 1.77 bits per heavy atom. The van der Waals surface area contributed by atoms with Gasteiger partial charge in [-0.15, -0.1) is 0 Å². The molecular formula is C16H26N2O3S. The summed E-state index contributed by atoms with van der Waals surface area (Å²) < 4.78 is 32.3. The van der Waals surface area contributed by atoms with Crippen LogP contribution >= 0.6 is 0 Å². The van der Waals surface area contributed by atoms with Crippen LogP contribution in [0.15, 0.2) is 29.2 Å². The largest absolute Gasteiger partial charge is 0.495 e. The summed E-state index contributed by atoms with van der Waals surface area (Å²) in [4.78, 5) is 0.187. The highest BCUT2D eigenvalue weighted by Crippen LogP contribution is 2.22. The van der Waals surface area contributed by atoms with Crippen LogP contribution in [0.2, 0.25) is 0 Å². The van der Waals surface area contributed by atoms with Crippen molar-refractivity contribution in [3.63, 3.8) is 0 Å². The molecule has 124 valence electrons. The number of benzene rings is 1. The summed E-state index contributed by atoms with van der Waals surface area (Å²) >= 11 is 0. The molecule has 0 unspecified atom stereocenters. The third-order valence-corrected chi connectivity index (χ3v) is 5.56. The van der Waals surface area contributed by atoms with Gasteiger partial charge in [0, 0.05) is 19.1 Å². The van der Waals surface area contributed by atoms with Gasteiger partial charge in [0.1, 0.15) is 10.6 Å². The molecule has 2 rings (SSSR count). The van der Waals surface area contributed by atoms with Crippen molar-refractivity contribution in [2.45, 2.75) is 49.5 Å². The topological polar surface area (TPSA) is 67.4 Å². The maximum atomic E-state index is 12.3. The number of ether oxygens (including phenoxy) is 1. The molecule has 0 aliphatic heterocycles. The number of rotatable bonds is 7. The van der Waals surface area contributed by atoms with Crippen LogP contribution in [0.3, 0.4) is 0 Å². The predicted molar refractivity (Wildman–Crippen MR) is 87.7 cm³/mol. The molecule has 0 amide bonds. The van der Waals surface area contributed by atoms with E-state index < -0.39 is 10.0 Å². The number of nitrogens with one attached hydrogen (secondary N) is 2. The fourth-order valence-corrected chi connectivity index (χ4v) is 4.06. The van der Waals surface area contributed by atoms with Crippen molar-refractivity contribution in [1.82, 2.24) is 10.0 Å². The molecule has 0 radical (unpaired) electrons. The van der Waals surface area contributed by atoms with Gasteiger partial charge in [-0.2, -0.15) is 0 Å². The maximum absolute atomic E-state index is 12.3. The smallest absolute Gasteiger partial charge is 0.244 e. The van der Waals surface area contributed by atoms with Gasteiger partial charge in [-0.3, -0.25) is 0 Å². The van der Waals surface area contributed by atoms with Crippen LogP contribution in [0.5, 0.6) is 5.75 Å². The lowest BCUT2D eigenvalue weighted by Crippen LogP contribution is -2.36. The molecule has 5 nitrogen and oxygen atoms in total. The van der Waals surface area contributed by atoms with Gasteiger partial charge in [-0.05, 0) is 25.0 Å². The zero-order valence-electron chi connectivity index (χ0n) is 13.2. The fourth-order valence-electron chi connectivity index (χ4n) is 2.86. The summed E-state index contributed by atoms with van der Waals surface area (Å²) in [6.07, 6.45) is 7.56. The van der Waals surface area contributed by atoms with Crippen LogP contribution in [0.4, 0.5) is 0 Å². The molecule has 1 aliphatic carbocycles. The molecule has 1 saturated carbocycles. The van der Waals surface area contributed by atoms with Crippen LogP contribution in [-0.2, 0) is 10.0 Å². The normalized spacial score (nSPS) is 17.1. The fraction of sp³-hybridized carbons (Fsp3) is 0.625. The quantitative estimate of drug-likeness (QED) is 0.596. The Labute approximate surface area is 133 Å². The van der Waals surface area contributed by atoms with E-state index in [1.54, 1.807) is 24.3 Å².